The molecule has 5 nitrogen and oxygen atoms in total. The van der Waals surface area contributed by atoms with Crippen LogP contribution in [0.4, 0.5) is 11.6 Å². The number of aromatic nitrogens is 2. The minimum atomic E-state index is -0.476. The van der Waals surface area contributed by atoms with Crippen molar-refractivity contribution >= 4 is 28.9 Å². The second kappa shape index (κ2) is 4.71. The lowest BCUT2D eigenvalue weighted by Crippen LogP contribution is -2.06. The quantitative estimate of drug-likeness (QED) is 0.825. The Labute approximate surface area is 96.1 Å². The summed E-state index contributed by atoms with van der Waals surface area (Å²) in [5.41, 5.74) is 1.13. The molecule has 2 aromatic heterocycles. The van der Waals surface area contributed by atoms with Gasteiger partial charge in [-0.15, -0.1) is 0 Å². The van der Waals surface area contributed by atoms with Crippen LogP contribution in [0.2, 0.25) is 0 Å². The molecule has 1 N–H and O–H groups in total. The number of methoxy groups -OCH3 is 1. The lowest BCUT2D eigenvalue weighted by molar-refractivity contribution is 0.0594. The number of carbonyl (C=O) groups is 1. The van der Waals surface area contributed by atoms with Crippen molar-refractivity contribution in [1.29, 1.82) is 0 Å². The van der Waals surface area contributed by atoms with Gasteiger partial charge in [0.2, 0.25) is 5.95 Å². The van der Waals surface area contributed by atoms with Gasteiger partial charge in [-0.3, -0.25) is 0 Å². The van der Waals surface area contributed by atoms with Crippen LogP contribution in [-0.4, -0.2) is 23.0 Å². The van der Waals surface area contributed by atoms with E-state index in [0.717, 1.165) is 5.69 Å². The number of esters is 1. The van der Waals surface area contributed by atoms with E-state index in [1.54, 1.807) is 11.3 Å². The highest BCUT2D eigenvalue weighted by atomic mass is 32.1. The fraction of sp³-hybridized carbons (Fsp3) is 0.100. The van der Waals surface area contributed by atoms with Gasteiger partial charge in [-0.05, 0) is 17.5 Å². The molecule has 6 heteroatoms. The number of rotatable bonds is 3. The van der Waals surface area contributed by atoms with Crippen LogP contribution in [0.3, 0.4) is 0 Å². The Bertz CT molecular complexity index is 485. The molecule has 0 radical (unpaired) electrons. The molecule has 0 saturated carbocycles. The molecule has 0 fully saturated rings. The Balaban J connectivity index is 2.19. The normalized spacial score (nSPS) is 9.81. The number of anilines is 2. The molecule has 2 aromatic rings. The average molecular weight is 235 g/mol. The standard InChI is InChI=1S/C10H9N3O2S/c1-15-9(14)8-2-4-11-10(13-8)12-7-3-5-16-6-7/h2-6H,1H3,(H,11,12,13). The van der Waals surface area contributed by atoms with Crippen LogP contribution >= 0.6 is 11.3 Å². The molecular weight excluding hydrogens is 226 g/mol. The lowest BCUT2D eigenvalue weighted by atomic mass is 10.4. The Morgan fingerprint density at radius 1 is 1.50 bits per heavy atom. The maximum atomic E-state index is 11.2. The van der Waals surface area contributed by atoms with Crippen LogP contribution in [0, 0.1) is 0 Å². The van der Waals surface area contributed by atoms with Crippen LogP contribution in [0.25, 0.3) is 0 Å². The fourth-order valence-electron chi connectivity index (χ4n) is 1.10. The third-order valence-electron chi connectivity index (χ3n) is 1.83. The largest absolute Gasteiger partial charge is 0.464 e. The first-order chi connectivity index (χ1) is 7.79. The summed E-state index contributed by atoms with van der Waals surface area (Å²) in [5, 5.41) is 6.85. The number of carbonyl (C=O) groups excluding carboxylic acids is 1. The molecule has 0 amide bonds. The van der Waals surface area contributed by atoms with Gasteiger partial charge in [-0.2, -0.15) is 11.3 Å². The molecule has 0 unspecified atom stereocenters. The van der Waals surface area contributed by atoms with E-state index in [0.29, 0.717) is 5.95 Å². The first-order valence-electron chi connectivity index (χ1n) is 4.50. The molecule has 0 aliphatic rings. The van der Waals surface area contributed by atoms with Crippen molar-refractivity contribution in [3.05, 3.63) is 34.8 Å². The van der Waals surface area contributed by atoms with Gasteiger partial charge in [0.1, 0.15) is 0 Å². The van der Waals surface area contributed by atoms with E-state index in [1.165, 1.54) is 19.4 Å². The first-order valence-corrected chi connectivity index (χ1v) is 5.44. The molecule has 0 aromatic carbocycles. The number of thiophene rings is 1. The van der Waals surface area contributed by atoms with Crippen molar-refractivity contribution in [2.75, 3.05) is 12.4 Å². The highest BCUT2D eigenvalue weighted by molar-refractivity contribution is 7.08. The molecule has 82 valence electrons. The summed E-state index contributed by atoms with van der Waals surface area (Å²) in [5.74, 6) is -0.0999. The second-order valence-electron chi connectivity index (χ2n) is 2.89. The number of nitrogens with zero attached hydrogens (tertiary/aromatic N) is 2. The Kier molecular flexibility index (Phi) is 3.11. The van der Waals surface area contributed by atoms with Gasteiger partial charge in [0.05, 0.1) is 12.8 Å². The summed E-state index contributed by atoms with van der Waals surface area (Å²) < 4.78 is 4.57. The van der Waals surface area contributed by atoms with Crippen molar-refractivity contribution in [1.82, 2.24) is 9.97 Å². The summed E-state index contributed by atoms with van der Waals surface area (Å²) in [6.45, 7) is 0. The molecule has 0 aliphatic carbocycles. The van der Waals surface area contributed by atoms with Crippen LogP contribution < -0.4 is 5.32 Å². The smallest absolute Gasteiger partial charge is 0.356 e. The zero-order chi connectivity index (χ0) is 11.4. The van der Waals surface area contributed by atoms with E-state index < -0.39 is 5.97 Å². The predicted molar refractivity (Wildman–Crippen MR) is 61.0 cm³/mol. The second-order valence-corrected chi connectivity index (χ2v) is 3.67. The Morgan fingerprint density at radius 2 is 2.38 bits per heavy atom. The Hall–Kier alpha value is -1.95. The van der Waals surface area contributed by atoms with E-state index >= 15 is 0 Å². The zero-order valence-electron chi connectivity index (χ0n) is 8.51. The molecule has 0 saturated heterocycles. The minimum Gasteiger partial charge on any atom is -0.464 e. The van der Waals surface area contributed by atoms with Gasteiger partial charge in [-0.25, -0.2) is 14.8 Å². The Morgan fingerprint density at radius 3 is 3.06 bits per heavy atom. The van der Waals surface area contributed by atoms with Crippen molar-refractivity contribution in [2.45, 2.75) is 0 Å². The number of ether oxygens (including phenoxy) is 1. The minimum absolute atomic E-state index is 0.232. The molecule has 2 rings (SSSR count). The van der Waals surface area contributed by atoms with Gasteiger partial charge in [0.15, 0.2) is 5.69 Å². The van der Waals surface area contributed by atoms with Crippen molar-refractivity contribution in [3.63, 3.8) is 0 Å². The van der Waals surface area contributed by atoms with Crippen LogP contribution in [-0.2, 0) is 4.74 Å². The molecule has 0 bridgehead atoms. The monoisotopic (exact) mass is 235 g/mol. The van der Waals surface area contributed by atoms with Crippen LogP contribution in [0.5, 0.6) is 0 Å². The summed E-state index contributed by atoms with van der Waals surface area (Å²) in [4.78, 5) is 19.3. The molecular formula is C10H9N3O2S. The third-order valence-corrected chi connectivity index (χ3v) is 2.51. The highest BCUT2D eigenvalue weighted by Crippen LogP contribution is 2.15. The van der Waals surface area contributed by atoms with Crippen molar-refractivity contribution in [3.8, 4) is 0 Å². The third kappa shape index (κ3) is 2.34. The van der Waals surface area contributed by atoms with E-state index in [9.17, 15) is 4.79 Å². The van der Waals surface area contributed by atoms with E-state index in [2.05, 4.69) is 20.0 Å². The predicted octanol–water partition coefficient (Wildman–Crippen LogP) is 2.07. The van der Waals surface area contributed by atoms with Gasteiger partial charge >= 0.3 is 5.97 Å². The zero-order valence-corrected chi connectivity index (χ0v) is 9.32. The summed E-state index contributed by atoms with van der Waals surface area (Å²) in [6, 6.07) is 3.41. The topological polar surface area (TPSA) is 64.1 Å². The molecule has 2 heterocycles. The van der Waals surface area contributed by atoms with Crippen molar-refractivity contribution < 1.29 is 9.53 Å². The number of nitrogens with one attached hydrogen (secondary N) is 1. The van der Waals surface area contributed by atoms with Gasteiger partial charge in [-0.1, -0.05) is 0 Å². The maximum absolute atomic E-state index is 11.2. The lowest BCUT2D eigenvalue weighted by Gasteiger charge is -2.03. The number of hydrogen-bond donors (Lipinski definition) is 1. The number of hydrogen-bond acceptors (Lipinski definition) is 6. The molecule has 0 atom stereocenters. The van der Waals surface area contributed by atoms with Crippen molar-refractivity contribution in [2.24, 2.45) is 0 Å². The van der Waals surface area contributed by atoms with Crippen LogP contribution in [0.15, 0.2) is 29.1 Å². The van der Waals surface area contributed by atoms with E-state index in [1.807, 2.05) is 16.8 Å². The molecule has 16 heavy (non-hydrogen) atoms. The summed E-state index contributed by atoms with van der Waals surface area (Å²) in [7, 11) is 1.32. The first kappa shape index (κ1) is 10.6. The summed E-state index contributed by atoms with van der Waals surface area (Å²) in [6.07, 6.45) is 1.51. The highest BCUT2D eigenvalue weighted by Gasteiger charge is 2.08. The van der Waals surface area contributed by atoms with Crippen LogP contribution in [0.1, 0.15) is 10.5 Å². The maximum Gasteiger partial charge on any atom is 0.356 e. The van der Waals surface area contributed by atoms with Gasteiger partial charge in [0, 0.05) is 11.6 Å². The SMILES string of the molecule is COC(=O)c1ccnc(Nc2ccsc2)n1. The summed E-state index contributed by atoms with van der Waals surface area (Å²) >= 11 is 1.56. The molecule has 0 spiro atoms. The van der Waals surface area contributed by atoms with E-state index in [4.69, 9.17) is 0 Å². The van der Waals surface area contributed by atoms with E-state index in [-0.39, 0.29) is 5.69 Å². The van der Waals surface area contributed by atoms with Gasteiger partial charge < -0.3 is 10.1 Å². The molecule has 0 aliphatic heterocycles. The fourth-order valence-corrected chi connectivity index (χ4v) is 1.69. The van der Waals surface area contributed by atoms with Gasteiger partial charge in [0.25, 0.3) is 0 Å². The average Bonchev–Trinajstić information content (AvgIpc) is 2.81.